The molecule has 4 nitrogen and oxygen atoms in total. The van der Waals surface area contributed by atoms with Gasteiger partial charge in [-0.15, -0.1) is 0 Å². The lowest BCUT2D eigenvalue weighted by atomic mass is 9.92. The van der Waals surface area contributed by atoms with E-state index in [-0.39, 0.29) is 23.7 Å². The maximum Gasteiger partial charge on any atom is 0.151 e. The smallest absolute Gasteiger partial charge is 0.151 e. The molecule has 0 amide bonds. The molecule has 1 saturated carbocycles. The predicted molar refractivity (Wildman–Crippen MR) is 69.8 cm³/mol. The van der Waals surface area contributed by atoms with E-state index in [2.05, 4.69) is 0 Å². The molecule has 5 heteroatoms. The quantitative estimate of drug-likeness (QED) is 0.778. The van der Waals surface area contributed by atoms with Gasteiger partial charge in [0.2, 0.25) is 0 Å². The van der Waals surface area contributed by atoms with Crippen LogP contribution in [-0.2, 0) is 9.84 Å². The van der Waals surface area contributed by atoms with Gasteiger partial charge in [-0.2, -0.15) is 0 Å². The molecule has 1 rings (SSSR count). The van der Waals surface area contributed by atoms with Crippen LogP contribution in [0.25, 0.3) is 0 Å². The summed E-state index contributed by atoms with van der Waals surface area (Å²) >= 11 is 0. The molecule has 0 aliphatic heterocycles. The van der Waals surface area contributed by atoms with Gasteiger partial charge in [0.1, 0.15) is 0 Å². The number of likely N-dealkylation sites (N-methyl/N-ethyl adjacent to an activating group) is 1. The summed E-state index contributed by atoms with van der Waals surface area (Å²) in [6.45, 7) is 2.41. The third-order valence-corrected chi connectivity index (χ3v) is 5.37. The number of aliphatic hydroxyl groups excluding tert-OH is 1. The van der Waals surface area contributed by atoms with Gasteiger partial charge in [0.15, 0.2) is 9.84 Å². The first-order valence-corrected chi connectivity index (χ1v) is 8.37. The molecule has 102 valence electrons. The van der Waals surface area contributed by atoms with Crippen LogP contribution in [0.2, 0.25) is 0 Å². The maximum absolute atomic E-state index is 11.6. The van der Waals surface area contributed by atoms with Crippen molar-refractivity contribution >= 4 is 9.84 Å². The summed E-state index contributed by atoms with van der Waals surface area (Å²) in [5, 5.41) is 9.88. The van der Waals surface area contributed by atoms with Gasteiger partial charge in [0.25, 0.3) is 0 Å². The molecule has 17 heavy (non-hydrogen) atoms. The summed E-state index contributed by atoms with van der Waals surface area (Å²) in [6.07, 6.45) is 4.43. The van der Waals surface area contributed by atoms with Crippen LogP contribution in [0.3, 0.4) is 0 Å². The van der Waals surface area contributed by atoms with Crippen molar-refractivity contribution in [3.63, 3.8) is 0 Å². The number of hydrogen-bond acceptors (Lipinski definition) is 4. The first kappa shape index (κ1) is 14.9. The Hall–Kier alpha value is -0.130. The highest BCUT2D eigenvalue weighted by molar-refractivity contribution is 7.91. The van der Waals surface area contributed by atoms with Crippen molar-refractivity contribution in [1.29, 1.82) is 0 Å². The Labute approximate surface area is 105 Å². The standard InChI is InChI=1S/C12H25NO3S/c1-3-9-17(15,16)10-8-13(2)11-6-4-5-7-12(11)14/h11-12,14H,3-10H2,1-2H3. The molecule has 0 heterocycles. The fourth-order valence-corrected chi connectivity index (χ4v) is 3.86. The molecule has 0 aromatic carbocycles. The van der Waals surface area contributed by atoms with Crippen molar-refractivity contribution in [1.82, 2.24) is 4.90 Å². The summed E-state index contributed by atoms with van der Waals surface area (Å²) in [7, 11) is -0.989. The van der Waals surface area contributed by atoms with Crippen molar-refractivity contribution in [3.8, 4) is 0 Å². The molecule has 2 unspecified atom stereocenters. The molecule has 1 N–H and O–H groups in total. The van der Waals surface area contributed by atoms with Gasteiger partial charge in [-0.1, -0.05) is 19.8 Å². The Balaban J connectivity index is 2.40. The van der Waals surface area contributed by atoms with E-state index >= 15 is 0 Å². The van der Waals surface area contributed by atoms with Gasteiger partial charge >= 0.3 is 0 Å². The highest BCUT2D eigenvalue weighted by atomic mass is 32.2. The van der Waals surface area contributed by atoms with E-state index in [0.717, 1.165) is 25.7 Å². The molecule has 1 aliphatic rings. The van der Waals surface area contributed by atoms with Crippen molar-refractivity contribution in [3.05, 3.63) is 0 Å². The van der Waals surface area contributed by atoms with E-state index in [9.17, 15) is 13.5 Å². The molecule has 0 spiro atoms. The molecule has 0 bridgehead atoms. The summed E-state index contributed by atoms with van der Waals surface area (Å²) in [4.78, 5) is 2.01. The fourth-order valence-electron chi connectivity index (χ4n) is 2.47. The Morgan fingerprint density at radius 2 is 1.88 bits per heavy atom. The van der Waals surface area contributed by atoms with E-state index in [1.807, 2.05) is 18.9 Å². The fraction of sp³-hybridized carbons (Fsp3) is 1.00. The first-order chi connectivity index (χ1) is 7.96. The number of sulfone groups is 1. The first-order valence-electron chi connectivity index (χ1n) is 6.55. The molecule has 0 aromatic heterocycles. The third kappa shape index (κ3) is 4.94. The third-order valence-electron chi connectivity index (χ3n) is 3.53. The maximum atomic E-state index is 11.6. The number of aliphatic hydroxyl groups is 1. The monoisotopic (exact) mass is 263 g/mol. The number of rotatable bonds is 6. The van der Waals surface area contributed by atoms with E-state index in [4.69, 9.17) is 0 Å². The van der Waals surface area contributed by atoms with Crippen LogP contribution in [0.5, 0.6) is 0 Å². The van der Waals surface area contributed by atoms with Gasteiger partial charge in [-0.05, 0) is 26.3 Å². The van der Waals surface area contributed by atoms with E-state index in [1.165, 1.54) is 0 Å². The lowest BCUT2D eigenvalue weighted by Gasteiger charge is -2.35. The summed E-state index contributed by atoms with van der Waals surface area (Å²) in [5.74, 6) is 0.481. The minimum atomic E-state index is -2.91. The van der Waals surface area contributed by atoms with E-state index in [1.54, 1.807) is 0 Å². The molecule has 0 saturated heterocycles. The van der Waals surface area contributed by atoms with Gasteiger partial charge in [0, 0.05) is 18.3 Å². The van der Waals surface area contributed by atoms with Crippen LogP contribution in [-0.4, -0.2) is 55.7 Å². The van der Waals surface area contributed by atoms with Crippen LogP contribution < -0.4 is 0 Å². The van der Waals surface area contributed by atoms with Crippen LogP contribution in [0, 0.1) is 0 Å². The Bertz CT molecular complexity index is 316. The normalized spacial score (nSPS) is 26.4. The van der Waals surface area contributed by atoms with Crippen LogP contribution >= 0.6 is 0 Å². The molecule has 0 radical (unpaired) electrons. The van der Waals surface area contributed by atoms with Crippen molar-refractivity contribution in [2.75, 3.05) is 25.1 Å². The summed E-state index contributed by atoms with van der Waals surface area (Å²) < 4.78 is 23.2. The average Bonchev–Trinajstić information content (AvgIpc) is 2.27. The van der Waals surface area contributed by atoms with Crippen molar-refractivity contribution in [2.24, 2.45) is 0 Å². The molecule has 2 atom stereocenters. The highest BCUT2D eigenvalue weighted by Gasteiger charge is 2.27. The van der Waals surface area contributed by atoms with Crippen molar-refractivity contribution in [2.45, 2.75) is 51.2 Å². The zero-order valence-corrected chi connectivity index (χ0v) is 11.7. The van der Waals surface area contributed by atoms with E-state index < -0.39 is 9.84 Å². The second kappa shape index (κ2) is 6.71. The lowest BCUT2D eigenvalue weighted by Crippen LogP contribution is -2.45. The summed E-state index contributed by atoms with van der Waals surface area (Å²) in [6, 6.07) is 0.139. The average molecular weight is 263 g/mol. The topological polar surface area (TPSA) is 57.6 Å². The molecular weight excluding hydrogens is 238 g/mol. The van der Waals surface area contributed by atoms with Gasteiger partial charge in [-0.25, -0.2) is 8.42 Å². The number of nitrogens with zero attached hydrogens (tertiary/aromatic N) is 1. The van der Waals surface area contributed by atoms with Crippen molar-refractivity contribution < 1.29 is 13.5 Å². The molecule has 1 aliphatic carbocycles. The van der Waals surface area contributed by atoms with Gasteiger partial charge in [0.05, 0.1) is 11.9 Å². The lowest BCUT2D eigenvalue weighted by molar-refractivity contribution is 0.0349. The number of hydrogen-bond donors (Lipinski definition) is 1. The molecule has 1 fully saturated rings. The van der Waals surface area contributed by atoms with Crippen LogP contribution in [0.4, 0.5) is 0 Å². The zero-order valence-electron chi connectivity index (χ0n) is 10.9. The minimum Gasteiger partial charge on any atom is -0.391 e. The predicted octanol–water partition coefficient (Wildman–Crippen LogP) is 1.05. The van der Waals surface area contributed by atoms with Crippen LogP contribution in [0.15, 0.2) is 0 Å². The van der Waals surface area contributed by atoms with Gasteiger partial charge < -0.3 is 5.11 Å². The Kier molecular flexibility index (Phi) is 5.89. The minimum absolute atomic E-state index is 0.139. The Morgan fingerprint density at radius 1 is 1.24 bits per heavy atom. The zero-order chi connectivity index (χ0) is 12.9. The summed E-state index contributed by atoms with van der Waals surface area (Å²) in [5.41, 5.74) is 0. The SMILES string of the molecule is CCCS(=O)(=O)CCN(C)C1CCCCC1O. The molecule has 0 aromatic rings. The van der Waals surface area contributed by atoms with Crippen LogP contribution in [0.1, 0.15) is 39.0 Å². The highest BCUT2D eigenvalue weighted by Crippen LogP contribution is 2.22. The largest absolute Gasteiger partial charge is 0.391 e. The second-order valence-electron chi connectivity index (χ2n) is 5.05. The van der Waals surface area contributed by atoms with Gasteiger partial charge in [-0.3, -0.25) is 4.90 Å². The molecular formula is C12H25NO3S. The Morgan fingerprint density at radius 3 is 2.47 bits per heavy atom. The second-order valence-corrected chi connectivity index (χ2v) is 7.36. The van der Waals surface area contributed by atoms with E-state index in [0.29, 0.717) is 13.0 Å².